The molecule has 0 spiro atoms. The highest BCUT2D eigenvalue weighted by molar-refractivity contribution is 5.85. The molecule has 1 aromatic heterocycles. The molecular weight excluding hydrogens is 393 g/mol. The lowest BCUT2D eigenvalue weighted by molar-refractivity contribution is -0.138. The van der Waals surface area contributed by atoms with Gasteiger partial charge in [-0.2, -0.15) is 18.3 Å². The summed E-state index contributed by atoms with van der Waals surface area (Å²) in [5.74, 6) is -0.465. The maximum absolute atomic E-state index is 13.3. The number of nitrogens with one attached hydrogen (secondary N) is 2. The number of alkyl halides is 3. The van der Waals surface area contributed by atoms with Gasteiger partial charge in [0.2, 0.25) is 5.91 Å². The van der Waals surface area contributed by atoms with Crippen molar-refractivity contribution in [2.45, 2.75) is 42.9 Å². The number of rotatable bonds is 4. The van der Waals surface area contributed by atoms with Crippen LogP contribution in [0.2, 0.25) is 0 Å². The van der Waals surface area contributed by atoms with Gasteiger partial charge in [-0.15, -0.1) is 12.4 Å². The number of hydrogen-bond acceptors (Lipinski definition) is 3. The zero-order valence-electron chi connectivity index (χ0n) is 15.1. The minimum atomic E-state index is -4.39. The first-order valence-electron chi connectivity index (χ1n) is 9.10. The van der Waals surface area contributed by atoms with Crippen molar-refractivity contribution in [1.82, 2.24) is 20.4 Å². The minimum Gasteiger partial charge on any atom is -0.351 e. The molecule has 1 aliphatic heterocycles. The highest BCUT2D eigenvalue weighted by Crippen LogP contribution is 2.46. The molecule has 2 N–H and O–H groups in total. The molecule has 2 unspecified atom stereocenters. The van der Waals surface area contributed by atoms with Crippen LogP contribution in [0, 0.1) is 0 Å². The standard InChI is InChI=1S/C19H21F3N4O.ClH/c20-19(21,22)15-5-2-1-4-13(15)14-12-16(14)25-17(27)18(6-9-23-10-7-18)26-11-3-8-24-26;/h1-5,8,11,14,16,23H,6-7,9-10,12H2,(H,25,27);1H. The third kappa shape index (κ3) is 3.75. The predicted molar refractivity (Wildman–Crippen MR) is 100 cm³/mol. The van der Waals surface area contributed by atoms with E-state index in [4.69, 9.17) is 0 Å². The highest BCUT2D eigenvalue weighted by atomic mass is 35.5. The summed E-state index contributed by atoms with van der Waals surface area (Å²) in [5, 5.41) is 10.5. The quantitative estimate of drug-likeness (QED) is 0.808. The zero-order chi connectivity index (χ0) is 19.1. The number of hydrogen-bond donors (Lipinski definition) is 2. The first-order valence-corrected chi connectivity index (χ1v) is 9.10. The second-order valence-electron chi connectivity index (χ2n) is 7.24. The summed E-state index contributed by atoms with van der Waals surface area (Å²) >= 11 is 0. The van der Waals surface area contributed by atoms with Gasteiger partial charge in [0.25, 0.3) is 0 Å². The molecule has 2 atom stereocenters. The summed E-state index contributed by atoms with van der Waals surface area (Å²) in [6.45, 7) is 1.39. The Hall–Kier alpha value is -2.06. The summed E-state index contributed by atoms with van der Waals surface area (Å²) in [5.41, 5.74) is -1.14. The van der Waals surface area contributed by atoms with Crippen LogP contribution < -0.4 is 10.6 Å². The van der Waals surface area contributed by atoms with E-state index in [9.17, 15) is 18.0 Å². The SMILES string of the molecule is Cl.O=C(NC1CC1c1ccccc1C(F)(F)F)C1(n2cccn2)CCNCC1. The fourth-order valence-corrected chi connectivity index (χ4v) is 4.00. The number of aromatic nitrogens is 2. The van der Waals surface area contributed by atoms with E-state index in [-0.39, 0.29) is 35.8 Å². The van der Waals surface area contributed by atoms with Gasteiger partial charge in [-0.25, -0.2) is 0 Å². The van der Waals surface area contributed by atoms with E-state index in [0.29, 0.717) is 32.4 Å². The molecule has 9 heteroatoms. The van der Waals surface area contributed by atoms with Gasteiger partial charge in [-0.1, -0.05) is 18.2 Å². The van der Waals surface area contributed by atoms with Crippen molar-refractivity contribution in [1.29, 1.82) is 0 Å². The Morgan fingerprint density at radius 3 is 2.57 bits per heavy atom. The van der Waals surface area contributed by atoms with Crippen molar-refractivity contribution in [3.05, 3.63) is 53.9 Å². The lowest BCUT2D eigenvalue weighted by Crippen LogP contribution is -2.55. The van der Waals surface area contributed by atoms with E-state index < -0.39 is 17.3 Å². The van der Waals surface area contributed by atoms with E-state index in [1.165, 1.54) is 12.1 Å². The first kappa shape index (κ1) is 20.7. The fraction of sp³-hybridized carbons (Fsp3) is 0.474. The Morgan fingerprint density at radius 1 is 1.21 bits per heavy atom. The number of amides is 1. The Labute approximate surface area is 167 Å². The molecule has 2 fully saturated rings. The Kier molecular flexibility index (Phi) is 5.72. The van der Waals surface area contributed by atoms with Crippen LogP contribution in [0.1, 0.15) is 36.3 Å². The third-order valence-corrected chi connectivity index (χ3v) is 5.57. The summed E-state index contributed by atoms with van der Waals surface area (Å²) < 4.78 is 41.5. The second-order valence-corrected chi connectivity index (χ2v) is 7.24. The van der Waals surface area contributed by atoms with Gasteiger partial charge in [-0.3, -0.25) is 9.48 Å². The van der Waals surface area contributed by atoms with E-state index >= 15 is 0 Å². The Balaban J connectivity index is 0.00000225. The monoisotopic (exact) mass is 414 g/mol. The average Bonchev–Trinajstić information content (AvgIpc) is 3.19. The normalized spacial score (nSPS) is 23.5. The second kappa shape index (κ2) is 7.75. The van der Waals surface area contributed by atoms with Gasteiger partial charge in [0.15, 0.2) is 0 Å². The molecule has 1 saturated heterocycles. The van der Waals surface area contributed by atoms with Crippen molar-refractivity contribution < 1.29 is 18.0 Å². The largest absolute Gasteiger partial charge is 0.416 e. The first-order chi connectivity index (χ1) is 12.9. The van der Waals surface area contributed by atoms with Gasteiger partial charge in [0, 0.05) is 24.4 Å². The Morgan fingerprint density at radius 2 is 1.93 bits per heavy atom. The number of piperidine rings is 1. The molecule has 1 amide bonds. The van der Waals surface area contributed by atoms with Crippen molar-refractivity contribution in [2.24, 2.45) is 0 Å². The van der Waals surface area contributed by atoms with Crippen LogP contribution in [0.3, 0.4) is 0 Å². The maximum atomic E-state index is 13.3. The molecule has 2 aliphatic rings. The molecule has 28 heavy (non-hydrogen) atoms. The molecule has 2 heterocycles. The van der Waals surface area contributed by atoms with E-state index in [1.54, 1.807) is 29.2 Å². The van der Waals surface area contributed by atoms with Crippen LogP contribution in [0.15, 0.2) is 42.7 Å². The van der Waals surface area contributed by atoms with Crippen molar-refractivity contribution >= 4 is 18.3 Å². The summed E-state index contributed by atoms with van der Waals surface area (Å²) in [6.07, 6.45) is 0.726. The van der Waals surface area contributed by atoms with Crippen LogP contribution in [-0.4, -0.2) is 34.8 Å². The number of carbonyl (C=O) groups excluding carboxylic acids is 1. The van der Waals surface area contributed by atoms with E-state index in [0.717, 1.165) is 6.07 Å². The van der Waals surface area contributed by atoms with Gasteiger partial charge >= 0.3 is 6.18 Å². The molecule has 1 aliphatic carbocycles. The van der Waals surface area contributed by atoms with Crippen molar-refractivity contribution in [2.75, 3.05) is 13.1 Å². The fourth-order valence-electron chi connectivity index (χ4n) is 4.00. The van der Waals surface area contributed by atoms with Crippen LogP contribution in [0.25, 0.3) is 0 Å². The van der Waals surface area contributed by atoms with Crippen LogP contribution in [0.5, 0.6) is 0 Å². The van der Waals surface area contributed by atoms with Crippen LogP contribution in [-0.2, 0) is 16.5 Å². The van der Waals surface area contributed by atoms with Gasteiger partial charge < -0.3 is 10.6 Å². The van der Waals surface area contributed by atoms with Gasteiger partial charge in [-0.05, 0) is 50.0 Å². The topological polar surface area (TPSA) is 59.0 Å². The summed E-state index contributed by atoms with van der Waals surface area (Å²) in [7, 11) is 0. The van der Waals surface area contributed by atoms with Crippen molar-refractivity contribution in [3.8, 4) is 0 Å². The molecule has 1 saturated carbocycles. The van der Waals surface area contributed by atoms with E-state index in [1.807, 2.05) is 0 Å². The third-order valence-electron chi connectivity index (χ3n) is 5.57. The van der Waals surface area contributed by atoms with Crippen molar-refractivity contribution in [3.63, 3.8) is 0 Å². The van der Waals surface area contributed by atoms with Gasteiger partial charge in [0.1, 0.15) is 5.54 Å². The lowest BCUT2D eigenvalue weighted by Gasteiger charge is -2.36. The Bertz CT molecular complexity index is 819. The molecule has 0 bridgehead atoms. The molecule has 2 aromatic rings. The van der Waals surface area contributed by atoms with Gasteiger partial charge in [0.05, 0.1) is 5.56 Å². The number of carbonyl (C=O) groups is 1. The number of halogens is 4. The van der Waals surface area contributed by atoms with Crippen LogP contribution in [0.4, 0.5) is 13.2 Å². The van der Waals surface area contributed by atoms with Crippen LogP contribution >= 0.6 is 12.4 Å². The number of benzene rings is 1. The summed E-state index contributed by atoms with van der Waals surface area (Å²) in [6, 6.07) is 7.11. The van der Waals surface area contributed by atoms with E-state index in [2.05, 4.69) is 15.7 Å². The maximum Gasteiger partial charge on any atom is 0.416 e. The summed E-state index contributed by atoms with van der Waals surface area (Å²) in [4.78, 5) is 13.1. The lowest BCUT2D eigenvalue weighted by atomic mass is 9.87. The predicted octanol–water partition coefficient (Wildman–Crippen LogP) is 3.07. The zero-order valence-corrected chi connectivity index (χ0v) is 15.9. The molecule has 152 valence electrons. The molecular formula is C19H22ClF3N4O. The molecule has 0 radical (unpaired) electrons. The highest BCUT2D eigenvalue weighted by Gasteiger charge is 2.49. The molecule has 5 nitrogen and oxygen atoms in total. The molecule has 4 rings (SSSR count). The average molecular weight is 415 g/mol. The smallest absolute Gasteiger partial charge is 0.351 e. The molecule has 1 aromatic carbocycles. The minimum absolute atomic E-state index is 0. The number of nitrogens with zero attached hydrogens (tertiary/aromatic N) is 2.